The maximum Gasteiger partial charge on any atom is 0.00347 e. The fraction of sp³-hybridized carbons (Fsp3) is 1.00. The molecule has 0 saturated heterocycles. The van der Waals surface area contributed by atoms with E-state index in [-0.39, 0.29) is 0 Å². The lowest BCUT2D eigenvalue weighted by Gasteiger charge is -2.20. The summed E-state index contributed by atoms with van der Waals surface area (Å²) in [5.41, 5.74) is 0.654. The Labute approximate surface area is 56.1 Å². The quantitative estimate of drug-likeness (QED) is 0.509. The molecule has 0 nitrogen and oxygen atoms in total. The monoisotopic (exact) mass is 130 g/mol. The van der Waals surface area contributed by atoms with Crippen LogP contribution in [-0.4, -0.2) is 10.2 Å². The highest BCUT2D eigenvalue weighted by molar-refractivity contribution is 6.08. The standard InChI is InChI=1S/C7H18Si/c1-4-5-7(2,3)6-8/h4-6H2,1-3,8H3. The van der Waals surface area contributed by atoms with Crippen molar-refractivity contribution in [1.29, 1.82) is 0 Å². The van der Waals surface area contributed by atoms with Crippen molar-refractivity contribution >= 4 is 10.2 Å². The van der Waals surface area contributed by atoms with Crippen LogP contribution in [0.15, 0.2) is 0 Å². The molecule has 0 rings (SSSR count). The molecule has 0 fully saturated rings. The van der Waals surface area contributed by atoms with Gasteiger partial charge in [-0.2, -0.15) is 0 Å². The van der Waals surface area contributed by atoms with Crippen molar-refractivity contribution in [1.82, 2.24) is 0 Å². The molecule has 0 spiro atoms. The Morgan fingerprint density at radius 3 is 2.00 bits per heavy atom. The molecule has 0 aliphatic heterocycles. The molecule has 0 aromatic rings. The van der Waals surface area contributed by atoms with Gasteiger partial charge in [0.2, 0.25) is 0 Å². The summed E-state index contributed by atoms with van der Waals surface area (Å²) in [4.78, 5) is 0. The second-order valence-corrected chi connectivity index (χ2v) is 3.97. The van der Waals surface area contributed by atoms with Crippen LogP contribution in [0, 0.1) is 5.41 Å². The molecule has 0 radical (unpaired) electrons. The van der Waals surface area contributed by atoms with Crippen molar-refractivity contribution in [3.8, 4) is 0 Å². The van der Waals surface area contributed by atoms with Crippen LogP contribution in [0.2, 0.25) is 6.04 Å². The second-order valence-electron chi connectivity index (χ2n) is 3.27. The van der Waals surface area contributed by atoms with Crippen LogP contribution in [0.25, 0.3) is 0 Å². The van der Waals surface area contributed by atoms with Crippen LogP contribution in [0.5, 0.6) is 0 Å². The topological polar surface area (TPSA) is 0 Å². The Bertz CT molecular complexity index is 57.4. The fourth-order valence-electron chi connectivity index (χ4n) is 0.854. The number of rotatable bonds is 3. The minimum Gasteiger partial charge on any atom is -0.0654 e. The summed E-state index contributed by atoms with van der Waals surface area (Å²) < 4.78 is 0. The van der Waals surface area contributed by atoms with Crippen LogP contribution in [0.3, 0.4) is 0 Å². The lowest BCUT2D eigenvalue weighted by atomic mass is 9.91. The van der Waals surface area contributed by atoms with Gasteiger partial charge in [-0.3, -0.25) is 0 Å². The average Bonchev–Trinajstić information content (AvgIpc) is 1.67. The molecule has 1 heteroatoms. The summed E-state index contributed by atoms with van der Waals surface area (Å²) >= 11 is 0. The summed E-state index contributed by atoms with van der Waals surface area (Å²) in [5, 5.41) is 0. The molecule has 0 atom stereocenters. The minimum absolute atomic E-state index is 0.654. The minimum atomic E-state index is 0.654. The highest BCUT2D eigenvalue weighted by Gasteiger charge is 2.11. The summed E-state index contributed by atoms with van der Waals surface area (Å²) in [5.74, 6) is 0. The van der Waals surface area contributed by atoms with Gasteiger partial charge >= 0.3 is 0 Å². The summed E-state index contributed by atoms with van der Waals surface area (Å²) in [6.45, 7) is 6.99. The molecule has 8 heavy (non-hydrogen) atoms. The van der Waals surface area contributed by atoms with E-state index in [0.29, 0.717) is 5.41 Å². The van der Waals surface area contributed by atoms with Gasteiger partial charge in [0.15, 0.2) is 0 Å². The molecule has 0 heterocycles. The van der Waals surface area contributed by atoms with Crippen molar-refractivity contribution < 1.29 is 0 Å². The van der Waals surface area contributed by atoms with Crippen molar-refractivity contribution in [2.45, 2.75) is 39.7 Å². The van der Waals surface area contributed by atoms with Gasteiger partial charge in [-0.15, -0.1) is 0 Å². The smallest absolute Gasteiger partial charge is 0.00347 e. The molecule has 0 N–H and O–H groups in total. The maximum atomic E-state index is 2.36. The van der Waals surface area contributed by atoms with Crippen LogP contribution in [0.4, 0.5) is 0 Å². The predicted molar refractivity (Wildman–Crippen MR) is 43.4 cm³/mol. The first-order valence-corrected chi connectivity index (χ1v) is 5.04. The first kappa shape index (κ1) is 8.22. The Balaban J connectivity index is 3.37. The van der Waals surface area contributed by atoms with Gasteiger partial charge in [0, 0.05) is 10.2 Å². The predicted octanol–water partition coefficient (Wildman–Crippen LogP) is 1.60. The van der Waals surface area contributed by atoms with Crippen molar-refractivity contribution in [3.05, 3.63) is 0 Å². The number of hydrogen-bond donors (Lipinski definition) is 0. The molecule has 0 saturated carbocycles. The molecule has 0 aromatic heterocycles. The largest absolute Gasteiger partial charge is 0.0654 e. The molecule has 0 unspecified atom stereocenters. The van der Waals surface area contributed by atoms with Crippen molar-refractivity contribution in [2.24, 2.45) is 5.41 Å². The SMILES string of the molecule is CCCC(C)(C)C[SiH3]. The lowest BCUT2D eigenvalue weighted by Crippen LogP contribution is -2.08. The molecular weight excluding hydrogens is 112 g/mol. The Kier molecular flexibility index (Phi) is 3.37. The van der Waals surface area contributed by atoms with Crippen LogP contribution in [-0.2, 0) is 0 Å². The van der Waals surface area contributed by atoms with Gasteiger partial charge in [0.05, 0.1) is 0 Å². The highest BCUT2D eigenvalue weighted by Crippen LogP contribution is 2.24. The van der Waals surface area contributed by atoms with Gasteiger partial charge < -0.3 is 0 Å². The van der Waals surface area contributed by atoms with Gasteiger partial charge in [-0.1, -0.05) is 33.2 Å². The van der Waals surface area contributed by atoms with Crippen LogP contribution < -0.4 is 0 Å². The van der Waals surface area contributed by atoms with E-state index in [4.69, 9.17) is 0 Å². The van der Waals surface area contributed by atoms with E-state index in [9.17, 15) is 0 Å². The van der Waals surface area contributed by atoms with Crippen LogP contribution >= 0.6 is 0 Å². The van der Waals surface area contributed by atoms with E-state index in [1.807, 2.05) is 0 Å². The molecule has 0 bridgehead atoms. The van der Waals surface area contributed by atoms with Gasteiger partial charge in [-0.25, -0.2) is 0 Å². The lowest BCUT2D eigenvalue weighted by molar-refractivity contribution is 0.373. The van der Waals surface area contributed by atoms with E-state index in [1.54, 1.807) is 0 Å². The zero-order chi connectivity index (χ0) is 6.62. The molecule has 0 aromatic carbocycles. The van der Waals surface area contributed by atoms with E-state index < -0.39 is 0 Å². The molecule has 50 valence electrons. The third kappa shape index (κ3) is 3.25. The van der Waals surface area contributed by atoms with Crippen molar-refractivity contribution in [3.63, 3.8) is 0 Å². The zero-order valence-corrected chi connectivity index (χ0v) is 8.62. The molecule has 0 aliphatic carbocycles. The summed E-state index contributed by atoms with van der Waals surface area (Å²) in [6.07, 6.45) is 2.74. The van der Waals surface area contributed by atoms with E-state index in [0.717, 1.165) is 0 Å². The van der Waals surface area contributed by atoms with Crippen LogP contribution in [0.1, 0.15) is 33.6 Å². The normalized spacial score (nSPS) is 12.4. The Morgan fingerprint density at radius 1 is 1.38 bits per heavy atom. The molecule has 0 amide bonds. The third-order valence-electron chi connectivity index (χ3n) is 1.88. The number of hydrogen-bond acceptors (Lipinski definition) is 0. The van der Waals surface area contributed by atoms with E-state index >= 15 is 0 Å². The average molecular weight is 130 g/mol. The zero-order valence-electron chi connectivity index (χ0n) is 6.62. The van der Waals surface area contributed by atoms with E-state index in [2.05, 4.69) is 20.8 Å². The third-order valence-corrected chi connectivity index (χ3v) is 3.80. The Hall–Kier alpha value is 0.217. The van der Waals surface area contributed by atoms with Gasteiger partial charge in [0.1, 0.15) is 0 Å². The summed E-state index contributed by atoms with van der Waals surface area (Å²) in [6, 6.07) is 1.45. The molecule has 0 aliphatic rings. The fourth-order valence-corrected chi connectivity index (χ4v) is 1.21. The van der Waals surface area contributed by atoms with Gasteiger partial charge in [-0.05, 0) is 11.8 Å². The first-order chi connectivity index (χ1) is 3.62. The van der Waals surface area contributed by atoms with Crippen molar-refractivity contribution in [2.75, 3.05) is 0 Å². The van der Waals surface area contributed by atoms with Gasteiger partial charge in [0.25, 0.3) is 0 Å². The Morgan fingerprint density at radius 2 is 1.88 bits per heavy atom. The maximum absolute atomic E-state index is 2.36. The highest BCUT2D eigenvalue weighted by atomic mass is 28.1. The second kappa shape index (κ2) is 3.28. The molecular formula is C7H18Si. The van der Waals surface area contributed by atoms with E-state index in [1.165, 1.54) is 29.1 Å². The summed E-state index contributed by atoms with van der Waals surface area (Å²) in [7, 11) is 1.36. The first-order valence-electron chi connectivity index (χ1n) is 3.62.